The molecule has 24 heavy (non-hydrogen) atoms. The summed E-state index contributed by atoms with van der Waals surface area (Å²) < 4.78 is 28.3. The van der Waals surface area contributed by atoms with E-state index in [2.05, 4.69) is 10.6 Å². The van der Waals surface area contributed by atoms with Gasteiger partial charge in [-0.1, -0.05) is 0 Å². The Morgan fingerprint density at radius 1 is 1.33 bits per heavy atom. The van der Waals surface area contributed by atoms with Gasteiger partial charge < -0.3 is 15.4 Å². The Bertz CT molecular complexity index is 562. The van der Waals surface area contributed by atoms with Crippen LogP contribution in [-0.2, 0) is 19.4 Å². The molecule has 1 rings (SSSR count). The standard InChI is InChI=1S/C14H25ClN2O5S2/c1-14(2,3)22-13(19)17-10(5-6-23-4)12(18)16-11-8-24(20,21)7-9(11)15/h9-11H,5-8H2,1-4H3,(H,16,18)(H,17,19)/t9-,10+,11-/m1/s1. The molecule has 0 bridgehead atoms. The lowest BCUT2D eigenvalue weighted by Gasteiger charge is -2.24. The van der Waals surface area contributed by atoms with E-state index >= 15 is 0 Å². The van der Waals surface area contributed by atoms with Crippen LogP contribution in [0.5, 0.6) is 0 Å². The summed E-state index contributed by atoms with van der Waals surface area (Å²) in [5.41, 5.74) is -0.675. The molecule has 1 heterocycles. The molecular weight excluding hydrogens is 376 g/mol. The Hall–Kier alpha value is -0.670. The fourth-order valence-corrected chi connectivity index (χ4v) is 5.20. The van der Waals surface area contributed by atoms with Gasteiger partial charge in [-0.15, -0.1) is 11.6 Å². The summed E-state index contributed by atoms with van der Waals surface area (Å²) >= 11 is 7.54. The summed E-state index contributed by atoms with van der Waals surface area (Å²) in [5, 5.41) is 4.51. The third kappa shape index (κ3) is 7.48. The number of hydrogen-bond donors (Lipinski definition) is 2. The summed E-state index contributed by atoms with van der Waals surface area (Å²) in [4.78, 5) is 24.3. The van der Waals surface area contributed by atoms with Gasteiger partial charge in [0.05, 0.1) is 22.9 Å². The Kier molecular flexibility index (Phi) is 7.68. The molecule has 7 nitrogen and oxygen atoms in total. The van der Waals surface area contributed by atoms with Crippen LogP contribution in [0.3, 0.4) is 0 Å². The highest BCUT2D eigenvalue weighted by Gasteiger charge is 2.38. The molecule has 10 heteroatoms. The van der Waals surface area contributed by atoms with Crippen LogP contribution in [0.4, 0.5) is 4.79 Å². The van der Waals surface area contributed by atoms with Gasteiger partial charge in [0, 0.05) is 0 Å². The largest absolute Gasteiger partial charge is 0.444 e. The van der Waals surface area contributed by atoms with Gasteiger partial charge in [0.2, 0.25) is 5.91 Å². The Labute approximate surface area is 152 Å². The molecule has 2 N–H and O–H groups in total. The van der Waals surface area contributed by atoms with Crippen LogP contribution in [0.15, 0.2) is 0 Å². The smallest absolute Gasteiger partial charge is 0.408 e. The van der Waals surface area contributed by atoms with Crippen molar-refractivity contribution in [3.63, 3.8) is 0 Å². The van der Waals surface area contributed by atoms with Gasteiger partial charge in [-0.25, -0.2) is 13.2 Å². The third-order valence-corrected chi connectivity index (χ3v) is 6.25. The number of alkyl halides is 1. The zero-order chi connectivity index (χ0) is 18.5. The van der Waals surface area contributed by atoms with Crippen LogP contribution in [0, 0.1) is 0 Å². The molecular formula is C14H25ClN2O5S2. The lowest BCUT2D eigenvalue weighted by atomic mass is 10.1. The molecule has 0 spiro atoms. The summed E-state index contributed by atoms with van der Waals surface area (Å²) in [5.74, 6) is -0.146. The number of ether oxygens (including phenoxy) is 1. The summed E-state index contributed by atoms with van der Waals surface area (Å²) in [6.45, 7) is 5.18. The molecule has 1 saturated heterocycles. The van der Waals surface area contributed by atoms with Crippen molar-refractivity contribution < 1.29 is 22.7 Å². The monoisotopic (exact) mass is 400 g/mol. The van der Waals surface area contributed by atoms with Crippen LogP contribution < -0.4 is 10.6 Å². The Balaban J connectivity index is 2.69. The summed E-state index contributed by atoms with van der Waals surface area (Å²) in [7, 11) is -3.24. The van der Waals surface area contributed by atoms with E-state index in [1.807, 2.05) is 6.26 Å². The highest BCUT2D eigenvalue weighted by atomic mass is 35.5. The van der Waals surface area contributed by atoms with Crippen molar-refractivity contribution in [1.29, 1.82) is 0 Å². The normalized spacial score (nSPS) is 24.2. The number of hydrogen-bond acceptors (Lipinski definition) is 6. The van der Waals surface area contributed by atoms with Crippen molar-refractivity contribution in [2.24, 2.45) is 0 Å². The Morgan fingerprint density at radius 3 is 2.42 bits per heavy atom. The van der Waals surface area contributed by atoms with Crippen molar-refractivity contribution >= 4 is 45.2 Å². The van der Waals surface area contributed by atoms with E-state index in [0.717, 1.165) is 0 Å². The van der Waals surface area contributed by atoms with Crippen molar-refractivity contribution in [1.82, 2.24) is 10.6 Å². The zero-order valence-electron chi connectivity index (χ0n) is 14.3. The second-order valence-electron chi connectivity index (χ2n) is 6.69. The number of rotatable bonds is 6. The molecule has 0 aromatic carbocycles. The van der Waals surface area contributed by atoms with Crippen molar-refractivity contribution in [2.75, 3.05) is 23.5 Å². The average molecular weight is 401 g/mol. The molecule has 0 saturated carbocycles. The number of halogens is 1. The lowest BCUT2D eigenvalue weighted by molar-refractivity contribution is -0.123. The molecule has 1 fully saturated rings. The SMILES string of the molecule is CSCC[C@H](NC(=O)OC(C)(C)C)C(=O)N[C@@H]1CS(=O)(=O)C[C@H]1Cl. The highest BCUT2D eigenvalue weighted by Crippen LogP contribution is 2.18. The minimum Gasteiger partial charge on any atom is -0.444 e. The van der Waals surface area contributed by atoms with E-state index in [1.165, 1.54) is 11.8 Å². The summed E-state index contributed by atoms with van der Waals surface area (Å²) in [6, 6.07) is -1.46. The molecule has 140 valence electrons. The van der Waals surface area contributed by atoms with Crippen molar-refractivity contribution in [3.05, 3.63) is 0 Å². The molecule has 3 atom stereocenters. The molecule has 0 aromatic heterocycles. The molecule has 2 amide bonds. The van der Waals surface area contributed by atoms with Gasteiger partial charge >= 0.3 is 6.09 Å². The van der Waals surface area contributed by atoms with Gasteiger partial charge in [-0.2, -0.15) is 11.8 Å². The van der Waals surface area contributed by atoms with Crippen LogP contribution in [0.25, 0.3) is 0 Å². The van der Waals surface area contributed by atoms with Gasteiger partial charge in [0.15, 0.2) is 9.84 Å². The first-order valence-electron chi connectivity index (χ1n) is 7.57. The number of carbonyl (C=O) groups excluding carboxylic acids is 2. The highest BCUT2D eigenvalue weighted by molar-refractivity contribution is 7.98. The maximum Gasteiger partial charge on any atom is 0.408 e. The fraction of sp³-hybridized carbons (Fsp3) is 0.857. The van der Waals surface area contributed by atoms with Crippen LogP contribution >= 0.6 is 23.4 Å². The minimum absolute atomic E-state index is 0.158. The first-order chi connectivity index (χ1) is 10.9. The van der Waals surface area contributed by atoms with Crippen LogP contribution in [-0.4, -0.2) is 67.0 Å². The molecule has 0 radical (unpaired) electrons. The van der Waals surface area contributed by atoms with Gasteiger partial charge in [-0.3, -0.25) is 4.79 Å². The quantitative estimate of drug-likeness (QED) is 0.648. The second kappa shape index (κ2) is 8.62. The Morgan fingerprint density at radius 2 is 1.96 bits per heavy atom. The van der Waals surface area contributed by atoms with E-state index in [-0.39, 0.29) is 11.5 Å². The van der Waals surface area contributed by atoms with Crippen LogP contribution in [0.2, 0.25) is 0 Å². The number of thioether (sulfide) groups is 1. The van der Waals surface area contributed by atoms with E-state index < -0.39 is 44.9 Å². The topological polar surface area (TPSA) is 102 Å². The molecule has 0 aliphatic carbocycles. The molecule has 1 aliphatic heterocycles. The van der Waals surface area contributed by atoms with E-state index in [9.17, 15) is 18.0 Å². The average Bonchev–Trinajstić information content (AvgIpc) is 2.64. The number of amides is 2. The summed E-state index contributed by atoms with van der Waals surface area (Å²) in [6.07, 6.45) is 1.60. The van der Waals surface area contributed by atoms with Gasteiger partial charge in [0.25, 0.3) is 0 Å². The van der Waals surface area contributed by atoms with Crippen LogP contribution in [0.1, 0.15) is 27.2 Å². The third-order valence-electron chi connectivity index (χ3n) is 3.23. The predicted octanol–water partition coefficient (Wildman–Crippen LogP) is 1.15. The molecule has 0 unspecified atom stereocenters. The van der Waals surface area contributed by atoms with E-state index in [1.54, 1.807) is 20.8 Å². The van der Waals surface area contributed by atoms with Gasteiger partial charge in [-0.05, 0) is 39.2 Å². The first-order valence-corrected chi connectivity index (χ1v) is 11.2. The van der Waals surface area contributed by atoms with Gasteiger partial charge in [0.1, 0.15) is 11.6 Å². The maximum absolute atomic E-state index is 12.4. The van der Waals surface area contributed by atoms with E-state index in [4.69, 9.17) is 16.3 Å². The molecule has 1 aliphatic rings. The lowest BCUT2D eigenvalue weighted by Crippen LogP contribution is -2.52. The number of carbonyl (C=O) groups is 2. The number of alkyl carbamates (subject to hydrolysis) is 1. The zero-order valence-corrected chi connectivity index (χ0v) is 16.7. The number of sulfone groups is 1. The van der Waals surface area contributed by atoms with Crippen molar-refractivity contribution in [3.8, 4) is 0 Å². The van der Waals surface area contributed by atoms with Crippen molar-refractivity contribution in [2.45, 2.75) is 50.3 Å². The fourth-order valence-electron chi connectivity index (χ4n) is 2.17. The maximum atomic E-state index is 12.4. The van der Waals surface area contributed by atoms with E-state index in [0.29, 0.717) is 12.2 Å². The minimum atomic E-state index is -3.24. The second-order valence-corrected chi connectivity index (χ2v) is 10.4. The number of nitrogens with one attached hydrogen (secondary N) is 2. The first kappa shape index (κ1) is 21.4. The molecule has 0 aromatic rings. The predicted molar refractivity (Wildman–Crippen MR) is 96.4 cm³/mol.